The zero-order valence-corrected chi connectivity index (χ0v) is 10.4. The second-order valence-electron chi connectivity index (χ2n) is 5.32. The third-order valence-electron chi connectivity index (χ3n) is 2.84. The molecule has 1 aromatic rings. The number of hydrogen-bond acceptors (Lipinski definition) is 1. The Morgan fingerprint density at radius 2 is 1.67 bits per heavy atom. The molecule has 1 aromatic carbocycles. The van der Waals surface area contributed by atoms with E-state index in [1.807, 2.05) is 0 Å². The highest BCUT2D eigenvalue weighted by Crippen LogP contribution is 2.22. The predicted octanol–water partition coefficient (Wildman–Crippen LogP) is 3.26. The fourth-order valence-electron chi connectivity index (χ4n) is 1.59. The van der Waals surface area contributed by atoms with Crippen LogP contribution in [0.4, 0.5) is 0 Å². The van der Waals surface area contributed by atoms with Gasteiger partial charge in [0, 0.05) is 6.04 Å². The predicted molar refractivity (Wildman–Crippen MR) is 67.1 cm³/mol. The zero-order valence-electron chi connectivity index (χ0n) is 10.4. The molecule has 0 aliphatic heterocycles. The Bertz CT molecular complexity index is 292. The Hall–Kier alpha value is -0.820. The van der Waals surface area contributed by atoms with Gasteiger partial charge in [0.15, 0.2) is 0 Å². The van der Waals surface area contributed by atoms with Gasteiger partial charge in [0.05, 0.1) is 0 Å². The molecule has 84 valence electrons. The van der Waals surface area contributed by atoms with Gasteiger partial charge < -0.3 is 5.73 Å². The van der Waals surface area contributed by atoms with Crippen LogP contribution in [0.2, 0.25) is 0 Å². The minimum absolute atomic E-state index is 0.241. The normalized spacial score (nSPS) is 13.9. The molecule has 0 amide bonds. The highest BCUT2D eigenvalue weighted by molar-refractivity contribution is 5.27. The van der Waals surface area contributed by atoms with E-state index in [1.54, 1.807) is 0 Å². The third-order valence-corrected chi connectivity index (χ3v) is 2.84. The lowest BCUT2D eigenvalue weighted by atomic mass is 9.86. The van der Waals surface area contributed by atoms with Crippen LogP contribution in [0.15, 0.2) is 24.3 Å². The summed E-state index contributed by atoms with van der Waals surface area (Å²) in [5, 5.41) is 0. The van der Waals surface area contributed by atoms with E-state index >= 15 is 0 Å². The lowest BCUT2D eigenvalue weighted by Gasteiger charge is -2.19. The quantitative estimate of drug-likeness (QED) is 0.805. The molecule has 0 radical (unpaired) electrons. The minimum atomic E-state index is 0.241. The van der Waals surface area contributed by atoms with Gasteiger partial charge in [-0.05, 0) is 29.4 Å². The average Bonchev–Trinajstić information content (AvgIpc) is 2.17. The van der Waals surface area contributed by atoms with Crippen molar-refractivity contribution in [3.8, 4) is 0 Å². The minimum Gasteiger partial charge on any atom is -0.327 e. The summed E-state index contributed by atoms with van der Waals surface area (Å²) in [6.45, 7) is 8.84. The third kappa shape index (κ3) is 3.67. The van der Waals surface area contributed by atoms with E-state index in [0.717, 1.165) is 12.8 Å². The van der Waals surface area contributed by atoms with Gasteiger partial charge in [0.2, 0.25) is 0 Å². The van der Waals surface area contributed by atoms with Gasteiger partial charge in [-0.25, -0.2) is 0 Å². The first-order chi connectivity index (χ1) is 6.93. The average molecular weight is 205 g/mol. The number of hydrogen-bond donors (Lipinski definition) is 1. The van der Waals surface area contributed by atoms with E-state index in [9.17, 15) is 0 Å². The van der Waals surface area contributed by atoms with Crippen molar-refractivity contribution in [2.75, 3.05) is 0 Å². The summed E-state index contributed by atoms with van der Waals surface area (Å²) >= 11 is 0. The highest BCUT2D eigenvalue weighted by Gasteiger charge is 2.12. The maximum absolute atomic E-state index is 5.93. The first-order valence-electron chi connectivity index (χ1n) is 5.78. The molecule has 0 aliphatic carbocycles. The van der Waals surface area contributed by atoms with Gasteiger partial charge >= 0.3 is 0 Å². The van der Waals surface area contributed by atoms with Crippen LogP contribution in [-0.4, -0.2) is 6.04 Å². The largest absolute Gasteiger partial charge is 0.327 e. The second-order valence-corrected chi connectivity index (χ2v) is 5.32. The van der Waals surface area contributed by atoms with E-state index in [0.29, 0.717) is 6.04 Å². The topological polar surface area (TPSA) is 26.0 Å². The molecule has 0 bridgehead atoms. The van der Waals surface area contributed by atoms with Crippen molar-refractivity contribution in [3.05, 3.63) is 35.4 Å². The Morgan fingerprint density at radius 1 is 1.13 bits per heavy atom. The van der Waals surface area contributed by atoms with Gasteiger partial charge in [-0.1, -0.05) is 52.0 Å². The molecule has 0 fully saturated rings. The van der Waals surface area contributed by atoms with Crippen LogP contribution in [0.1, 0.15) is 45.2 Å². The number of rotatable bonds is 3. The lowest BCUT2D eigenvalue weighted by molar-refractivity contribution is 0.589. The maximum Gasteiger partial charge on any atom is 0.00766 e. The molecule has 0 aliphatic rings. The molecule has 2 N–H and O–H groups in total. The van der Waals surface area contributed by atoms with E-state index in [2.05, 4.69) is 52.0 Å². The Kier molecular flexibility index (Phi) is 3.92. The first-order valence-corrected chi connectivity index (χ1v) is 5.78. The molecule has 1 nitrogen and oxygen atoms in total. The van der Waals surface area contributed by atoms with Crippen LogP contribution < -0.4 is 5.73 Å². The second kappa shape index (κ2) is 4.80. The Morgan fingerprint density at radius 3 is 2.07 bits per heavy atom. The molecule has 1 atom stereocenters. The van der Waals surface area contributed by atoms with Crippen molar-refractivity contribution in [3.63, 3.8) is 0 Å². The van der Waals surface area contributed by atoms with Crippen LogP contribution in [0, 0.1) is 0 Å². The molecule has 0 aromatic heterocycles. The van der Waals surface area contributed by atoms with Crippen molar-refractivity contribution in [2.24, 2.45) is 5.73 Å². The summed E-state index contributed by atoms with van der Waals surface area (Å²) in [5.74, 6) is 0. The molecular formula is C14H23N. The highest BCUT2D eigenvalue weighted by atomic mass is 14.6. The Balaban J connectivity index is 2.73. The summed E-state index contributed by atoms with van der Waals surface area (Å²) in [6.07, 6.45) is 2.03. The van der Waals surface area contributed by atoms with Crippen LogP contribution in [0.25, 0.3) is 0 Å². The summed E-state index contributed by atoms with van der Waals surface area (Å²) in [7, 11) is 0. The molecule has 1 unspecified atom stereocenters. The van der Waals surface area contributed by atoms with Gasteiger partial charge in [-0.2, -0.15) is 0 Å². The monoisotopic (exact) mass is 205 g/mol. The summed E-state index contributed by atoms with van der Waals surface area (Å²) in [6, 6.07) is 9.15. The number of nitrogens with two attached hydrogens (primary N) is 1. The van der Waals surface area contributed by atoms with Crippen molar-refractivity contribution in [1.29, 1.82) is 0 Å². The standard InChI is InChI=1S/C14H23N/c1-5-13(15)10-11-6-8-12(9-7-11)14(2,3)4/h6-9,13H,5,10,15H2,1-4H3. The van der Waals surface area contributed by atoms with Crippen molar-refractivity contribution >= 4 is 0 Å². The van der Waals surface area contributed by atoms with Crippen LogP contribution >= 0.6 is 0 Å². The molecule has 0 spiro atoms. The molecule has 1 rings (SSSR count). The molecule has 0 heterocycles. The molecule has 0 saturated heterocycles. The molecule has 0 saturated carbocycles. The van der Waals surface area contributed by atoms with E-state index in [-0.39, 0.29) is 5.41 Å². The van der Waals surface area contributed by atoms with E-state index in [4.69, 9.17) is 5.73 Å². The summed E-state index contributed by atoms with van der Waals surface area (Å²) in [4.78, 5) is 0. The fourth-order valence-corrected chi connectivity index (χ4v) is 1.59. The van der Waals surface area contributed by atoms with Crippen LogP contribution in [0.5, 0.6) is 0 Å². The fraction of sp³-hybridized carbons (Fsp3) is 0.571. The van der Waals surface area contributed by atoms with Gasteiger partial charge in [0.25, 0.3) is 0 Å². The van der Waals surface area contributed by atoms with Crippen molar-refractivity contribution < 1.29 is 0 Å². The SMILES string of the molecule is CCC(N)Cc1ccc(C(C)(C)C)cc1. The molecular weight excluding hydrogens is 182 g/mol. The number of benzene rings is 1. The maximum atomic E-state index is 5.93. The van der Waals surface area contributed by atoms with Gasteiger partial charge in [0.1, 0.15) is 0 Å². The molecule has 1 heteroatoms. The molecule has 15 heavy (non-hydrogen) atoms. The Labute approximate surface area is 93.7 Å². The van der Waals surface area contributed by atoms with Gasteiger partial charge in [-0.15, -0.1) is 0 Å². The van der Waals surface area contributed by atoms with Crippen LogP contribution in [-0.2, 0) is 11.8 Å². The first kappa shape index (κ1) is 12.3. The van der Waals surface area contributed by atoms with Crippen LogP contribution in [0.3, 0.4) is 0 Å². The van der Waals surface area contributed by atoms with Gasteiger partial charge in [-0.3, -0.25) is 0 Å². The van der Waals surface area contributed by atoms with Crippen molar-refractivity contribution in [2.45, 2.75) is 52.0 Å². The van der Waals surface area contributed by atoms with E-state index in [1.165, 1.54) is 11.1 Å². The zero-order chi connectivity index (χ0) is 11.5. The van der Waals surface area contributed by atoms with Crippen molar-refractivity contribution in [1.82, 2.24) is 0 Å². The van der Waals surface area contributed by atoms with E-state index < -0.39 is 0 Å². The lowest BCUT2D eigenvalue weighted by Crippen LogP contribution is -2.21. The summed E-state index contributed by atoms with van der Waals surface area (Å²) < 4.78 is 0. The smallest absolute Gasteiger partial charge is 0.00766 e. The summed E-state index contributed by atoms with van der Waals surface area (Å²) in [5.41, 5.74) is 8.90.